The van der Waals surface area contributed by atoms with Gasteiger partial charge in [-0.25, -0.2) is 4.21 Å². The van der Waals surface area contributed by atoms with E-state index >= 15 is 0 Å². The Bertz CT molecular complexity index is 836. The van der Waals surface area contributed by atoms with E-state index in [1.807, 2.05) is 0 Å². The zero-order chi connectivity index (χ0) is 15.9. The normalized spacial score (nSPS) is 16.5. The maximum atomic E-state index is 12.3. The van der Waals surface area contributed by atoms with E-state index in [2.05, 4.69) is 5.87 Å². The van der Waals surface area contributed by atoms with E-state index in [-0.39, 0.29) is 18.4 Å². The first-order valence-electron chi connectivity index (χ1n) is 6.57. The van der Waals surface area contributed by atoms with Gasteiger partial charge in [0.05, 0.1) is 27.4 Å². The Kier molecular flexibility index (Phi) is 3.35. The standard InChI is InChI=1S/C16H14N2O3S/c1-22(17,21)12-8-6-11(7-9-12)10-18-15(19)13-4-2-3-5-14(13)16(18)20/h2-9H,1,10H2,(H2,17,21). The van der Waals surface area contributed by atoms with Crippen molar-refractivity contribution in [1.29, 1.82) is 0 Å². The van der Waals surface area contributed by atoms with Crippen LogP contribution in [-0.4, -0.2) is 26.8 Å². The van der Waals surface area contributed by atoms with Gasteiger partial charge in [-0.2, -0.15) is 0 Å². The van der Waals surface area contributed by atoms with E-state index in [0.717, 1.165) is 5.56 Å². The van der Waals surface area contributed by atoms with Crippen molar-refractivity contribution < 1.29 is 13.8 Å². The predicted octanol–water partition coefficient (Wildman–Crippen LogP) is 1.43. The van der Waals surface area contributed by atoms with E-state index < -0.39 is 9.71 Å². The summed E-state index contributed by atoms with van der Waals surface area (Å²) in [6.07, 6.45) is 0. The van der Waals surface area contributed by atoms with Crippen LogP contribution in [0.4, 0.5) is 0 Å². The molecule has 0 aromatic heterocycles. The third-order valence-corrected chi connectivity index (χ3v) is 4.61. The largest absolute Gasteiger partial charge is 0.270 e. The second-order valence-electron chi connectivity index (χ2n) is 5.11. The molecule has 2 N–H and O–H groups in total. The van der Waals surface area contributed by atoms with Crippen molar-refractivity contribution in [3.63, 3.8) is 0 Å². The fraction of sp³-hybridized carbons (Fsp3) is 0.0625. The van der Waals surface area contributed by atoms with E-state index in [1.54, 1.807) is 48.5 Å². The molecule has 2 aromatic rings. The number of benzene rings is 2. The Labute approximate surface area is 128 Å². The van der Waals surface area contributed by atoms with E-state index in [1.165, 1.54) is 4.90 Å². The number of carbonyl (C=O) groups excluding carboxylic acids is 2. The van der Waals surface area contributed by atoms with E-state index in [9.17, 15) is 13.8 Å². The van der Waals surface area contributed by atoms with Crippen molar-refractivity contribution in [3.05, 3.63) is 65.2 Å². The maximum absolute atomic E-state index is 12.3. The SMILES string of the molecule is C=S(N)(=O)c1ccc(CN2C(=O)c3ccccc3C2=O)cc1. The average Bonchev–Trinajstić information content (AvgIpc) is 2.73. The third kappa shape index (κ3) is 2.43. The molecule has 3 rings (SSSR count). The monoisotopic (exact) mass is 314 g/mol. The van der Waals surface area contributed by atoms with Gasteiger partial charge >= 0.3 is 0 Å². The number of rotatable bonds is 3. The molecule has 5 nitrogen and oxygen atoms in total. The highest BCUT2D eigenvalue weighted by atomic mass is 32.2. The topological polar surface area (TPSA) is 80.5 Å². The molecule has 0 radical (unpaired) electrons. The van der Waals surface area contributed by atoms with Gasteiger partial charge in [0.1, 0.15) is 0 Å². The van der Waals surface area contributed by atoms with Crippen LogP contribution in [-0.2, 0) is 16.3 Å². The smallest absolute Gasteiger partial charge is 0.261 e. The van der Waals surface area contributed by atoms with Gasteiger partial charge < -0.3 is 0 Å². The van der Waals surface area contributed by atoms with Gasteiger partial charge in [-0.1, -0.05) is 24.3 Å². The van der Waals surface area contributed by atoms with Gasteiger partial charge in [0.25, 0.3) is 11.8 Å². The molecular formula is C16H14N2O3S. The van der Waals surface area contributed by atoms with Crippen molar-refractivity contribution in [3.8, 4) is 0 Å². The zero-order valence-corrected chi connectivity index (χ0v) is 12.5. The number of nitrogens with zero attached hydrogens (tertiary/aromatic N) is 1. The van der Waals surface area contributed by atoms with Crippen LogP contribution in [0.1, 0.15) is 26.3 Å². The number of nitrogens with two attached hydrogens (primary N) is 1. The van der Waals surface area contributed by atoms with Crippen LogP contribution in [0.2, 0.25) is 0 Å². The highest BCUT2D eigenvalue weighted by molar-refractivity contribution is 7.98. The molecule has 1 heterocycles. The lowest BCUT2D eigenvalue weighted by Gasteiger charge is -2.14. The van der Waals surface area contributed by atoms with Gasteiger partial charge in [-0.05, 0) is 35.7 Å². The first-order valence-corrected chi connectivity index (χ1v) is 8.36. The third-order valence-electron chi connectivity index (χ3n) is 3.54. The molecule has 2 amide bonds. The Morgan fingerprint density at radius 2 is 1.45 bits per heavy atom. The number of hydrogen-bond donors (Lipinski definition) is 1. The Morgan fingerprint density at radius 3 is 1.91 bits per heavy atom. The molecule has 6 heteroatoms. The summed E-state index contributed by atoms with van der Waals surface area (Å²) in [5, 5.41) is 5.47. The van der Waals surface area contributed by atoms with Gasteiger partial charge in [0.2, 0.25) is 0 Å². The molecule has 22 heavy (non-hydrogen) atoms. The van der Waals surface area contributed by atoms with Gasteiger partial charge in [-0.15, -0.1) is 0 Å². The summed E-state index contributed by atoms with van der Waals surface area (Å²) < 4.78 is 11.6. The second kappa shape index (κ2) is 5.08. The summed E-state index contributed by atoms with van der Waals surface area (Å²) in [6.45, 7) is 0.162. The lowest BCUT2D eigenvalue weighted by Crippen LogP contribution is -2.29. The number of fused-ring (bicyclic) bond motifs is 1. The molecule has 2 aromatic carbocycles. The van der Waals surface area contributed by atoms with Crippen molar-refractivity contribution in [2.45, 2.75) is 11.4 Å². The lowest BCUT2D eigenvalue weighted by atomic mass is 10.1. The minimum atomic E-state index is -2.76. The van der Waals surface area contributed by atoms with Crippen LogP contribution in [0.5, 0.6) is 0 Å². The van der Waals surface area contributed by atoms with Gasteiger partial charge in [0, 0.05) is 4.90 Å². The fourth-order valence-electron chi connectivity index (χ4n) is 2.39. The highest BCUT2D eigenvalue weighted by Gasteiger charge is 2.34. The number of imide groups is 1. The maximum Gasteiger partial charge on any atom is 0.261 e. The van der Waals surface area contributed by atoms with Crippen LogP contribution in [0.25, 0.3) is 0 Å². The summed E-state index contributed by atoms with van der Waals surface area (Å²) in [6, 6.07) is 13.3. The molecule has 1 atom stereocenters. The molecule has 0 saturated heterocycles. The molecule has 1 unspecified atom stereocenters. The Morgan fingerprint density at radius 1 is 0.955 bits per heavy atom. The molecule has 0 saturated carbocycles. The quantitative estimate of drug-likeness (QED) is 0.687. The molecule has 0 aliphatic carbocycles. The summed E-state index contributed by atoms with van der Waals surface area (Å²) in [4.78, 5) is 26.2. The Balaban J connectivity index is 1.86. The number of amides is 2. The number of hydrogen-bond acceptors (Lipinski definition) is 3. The minimum Gasteiger partial charge on any atom is -0.270 e. The summed E-state index contributed by atoms with van der Waals surface area (Å²) >= 11 is 0. The molecule has 0 fully saturated rings. The van der Waals surface area contributed by atoms with Crippen LogP contribution in [0, 0.1) is 0 Å². The van der Waals surface area contributed by atoms with Crippen LogP contribution >= 0.6 is 0 Å². The van der Waals surface area contributed by atoms with Gasteiger partial charge in [0.15, 0.2) is 0 Å². The zero-order valence-electron chi connectivity index (χ0n) is 11.7. The summed E-state index contributed by atoms with van der Waals surface area (Å²) in [5.41, 5.74) is 1.60. The highest BCUT2D eigenvalue weighted by Crippen LogP contribution is 2.24. The molecule has 0 spiro atoms. The summed E-state index contributed by atoms with van der Waals surface area (Å²) in [7, 11) is -2.76. The van der Waals surface area contributed by atoms with Crippen LogP contribution in [0.3, 0.4) is 0 Å². The van der Waals surface area contributed by atoms with E-state index in [4.69, 9.17) is 5.14 Å². The van der Waals surface area contributed by atoms with Crippen LogP contribution in [0.15, 0.2) is 53.4 Å². The predicted molar refractivity (Wildman–Crippen MR) is 84.8 cm³/mol. The van der Waals surface area contributed by atoms with Crippen molar-refractivity contribution in [1.82, 2.24) is 4.90 Å². The molecular weight excluding hydrogens is 300 g/mol. The van der Waals surface area contributed by atoms with Crippen molar-refractivity contribution in [2.24, 2.45) is 5.14 Å². The van der Waals surface area contributed by atoms with Crippen LogP contribution < -0.4 is 5.14 Å². The lowest BCUT2D eigenvalue weighted by molar-refractivity contribution is 0.0642. The van der Waals surface area contributed by atoms with Crippen molar-refractivity contribution in [2.75, 3.05) is 0 Å². The molecule has 0 bridgehead atoms. The number of carbonyl (C=O) groups is 2. The second-order valence-corrected chi connectivity index (χ2v) is 7.04. The van der Waals surface area contributed by atoms with E-state index in [0.29, 0.717) is 16.0 Å². The first-order chi connectivity index (χ1) is 10.4. The molecule has 1 aliphatic rings. The summed E-state index contributed by atoms with van der Waals surface area (Å²) in [5.74, 6) is 2.81. The van der Waals surface area contributed by atoms with Crippen molar-refractivity contribution >= 4 is 27.4 Å². The Hall–Kier alpha value is -2.44. The minimum absolute atomic E-state index is 0.162. The molecule has 1 aliphatic heterocycles. The molecule has 112 valence electrons. The fourth-order valence-corrected chi connectivity index (χ4v) is 2.99. The van der Waals surface area contributed by atoms with Gasteiger partial charge in [-0.3, -0.25) is 19.6 Å². The first kappa shape index (κ1) is 14.5. The average molecular weight is 314 g/mol.